The fourth-order valence-electron chi connectivity index (χ4n) is 1.72. The van der Waals surface area contributed by atoms with Crippen LogP contribution in [0.15, 0.2) is 0 Å². The van der Waals surface area contributed by atoms with Crippen LogP contribution in [-0.2, 0) is 9.53 Å². The Morgan fingerprint density at radius 1 is 1.33 bits per heavy atom. The first-order chi connectivity index (χ1) is 6.91. The van der Waals surface area contributed by atoms with Crippen molar-refractivity contribution in [3.05, 3.63) is 0 Å². The monoisotopic (exact) mass is 213 g/mol. The van der Waals surface area contributed by atoms with Gasteiger partial charge in [0.05, 0.1) is 6.54 Å². The number of hydrogen-bond acceptors (Lipinski definition) is 3. The highest BCUT2D eigenvalue weighted by Crippen LogP contribution is 2.18. The third kappa shape index (κ3) is 3.92. The first kappa shape index (κ1) is 12.7. The van der Waals surface area contributed by atoms with Crippen LogP contribution in [0.1, 0.15) is 33.6 Å². The van der Waals surface area contributed by atoms with Crippen LogP contribution in [0.2, 0.25) is 0 Å². The Hall–Kier alpha value is -0.410. The molecule has 0 aliphatic carbocycles. The topological polar surface area (TPSA) is 29.5 Å². The summed E-state index contributed by atoms with van der Waals surface area (Å²) in [7, 11) is 2.04. The molecule has 88 valence electrons. The summed E-state index contributed by atoms with van der Waals surface area (Å²) < 4.78 is 5.31. The summed E-state index contributed by atoms with van der Waals surface area (Å²) in [6, 6.07) is 0.519. The molecule has 0 N–H and O–H groups in total. The van der Waals surface area contributed by atoms with Crippen molar-refractivity contribution in [1.82, 2.24) is 4.90 Å². The number of rotatable bonds is 3. The zero-order chi connectivity index (χ0) is 11.5. The van der Waals surface area contributed by atoms with E-state index in [-0.39, 0.29) is 5.41 Å². The van der Waals surface area contributed by atoms with Crippen molar-refractivity contribution >= 4 is 5.78 Å². The van der Waals surface area contributed by atoms with Gasteiger partial charge in [0.15, 0.2) is 5.78 Å². The fourth-order valence-corrected chi connectivity index (χ4v) is 1.72. The van der Waals surface area contributed by atoms with Crippen LogP contribution in [0, 0.1) is 5.41 Å². The Labute approximate surface area is 92.8 Å². The molecule has 0 saturated carbocycles. The molecule has 1 fully saturated rings. The van der Waals surface area contributed by atoms with E-state index in [4.69, 9.17) is 4.74 Å². The molecule has 1 heterocycles. The summed E-state index contributed by atoms with van der Waals surface area (Å²) in [5.41, 5.74) is -0.223. The van der Waals surface area contributed by atoms with Crippen LogP contribution in [-0.4, -0.2) is 43.5 Å². The summed E-state index contributed by atoms with van der Waals surface area (Å²) in [5, 5.41) is 0. The second-order valence-corrected chi connectivity index (χ2v) is 5.43. The normalized spacial score (nSPS) is 19.5. The van der Waals surface area contributed by atoms with Crippen LogP contribution < -0.4 is 0 Å². The maximum Gasteiger partial charge on any atom is 0.152 e. The number of nitrogens with zero attached hydrogens (tertiary/aromatic N) is 1. The average molecular weight is 213 g/mol. The van der Waals surface area contributed by atoms with Crippen molar-refractivity contribution in [2.75, 3.05) is 26.8 Å². The minimum absolute atomic E-state index is 0.223. The molecule has 0 amide bonds. The van der Waals surface area contributed by atoms with Gasteiger partial charge in [0.2, 0.25) is 0 Å². The highest BCUT2D eigenvalue weighted by molar-refractivity contribution is 5.85. The number of carbonyl (C=O) groups is 1. The summed E-state index contributed by atoms with van der Waals surface area (Å²) in [5.74, 6) is 0.316. The number of ether oxygens (including phenoxy) is 1. The van der Waals surface area contributed by atoms with Crippen LogP contribution >= 0.6 is 0 Å². The van der Waals surface area contributed by atoms with Gasteiger partial charge in [0.1, 0.15) is 0 Å². The Morgan fingerprint density at radius 2 is 1.87 bits per heavy atom. The minimum Gasteiger partial charge on any atom is -0.381 e. The molecule has 1 rings (SSSR count). The second-order valence-electron chi connectivity index (χ2n) is 5.43. The van der Waals surface area contributed by atoms with Crippen molar-refractivity contribution in [1.29, 1.82) is 0 Å². The van der Waals surface area contributed by atoms with Crippen LogP contribution in [0.4, 0.5) is 0 Å². The SMILES string of the molecule is CN(CC(=O)C(C)(C)C)C1CCOCC1. The first-order valence-corrected chi connectivity index (χ1v) is 5.72. The molecule has 0 atom stereocenters. The van der Waals surface area contributed by atoms with Gasteiger partial charge < -0.3 is 4.74 Å². The molecule has 3 nitrogen and oxygen atoms in total. The quantitative estimate of drug-likeness (QED) is 0.715. The molecular formula is C12H23NO2. The van der Waals surface area contributed by atoms with Crippen LogP contribution in [0.5, 0.6) is 0 Å². The number of likely N-dealkylation sites (N-methyl/N-ethyl adjacent to an activating group) is 1. The van der Waals surface area contributed by atoms with E-state index in [1.54, 1.807) is 0 Å². The molecule has 3 heteroatoms. The Kier molecular flexibility index (Phi) is 4.29. The Balaban J connectivity index is 2.40. The highest BCUT2D eigenvalue weighted by Gasteiger charge is 2.26. The van der Waals surface area contributed by atoms with Crippen molar-refractivity contribution < 1.29 is 9.53 Å². The van der Waals surface area contributed by atoms with Crippen LogP contribution in [0.3, 0.4) is 0 Å². The van der Waals surface area contributed by atoms with E-state index in [1.807, 2.05) is 27.8 Å². The van der Waals surface area contributed by atoms with E-state index in [0.29, 0.717) is 18.4 Å². The van der Waals surface area contributed by atoms with Gasteiger partial charge in [-0.1, -0.05) is 20.8 Å². The zero-order valence-electron chi connectivity index (χ0n) is 10.4. The first-order valence-electron chi connectivity index (χ1n) is 5.72. The number of ketones is 1. The van der Waals surface area contributed by atoms with Gasteiger partial charge in [0.25, 0.3) is 0 Å². The van der Waals surface area contributed by atoms with Gasteiger partial charge in [-0.15, -0.1) is 0 Å². The number of carbonyl (C=O) groups excluding carboxylic acids is 1. The van der Waals surface area contributed by atoms with E-state index in [9.17, 15) is 4.79 Å². The van der Waals surface area contributed by atoms with E-state index in [0.717, 1.165) is 26.1 Å². The second kappa shape index (κ2) is 5.08. The van der Waals surface area contributed by atoms with Crippen molar-refractivity contribution in [3.63, 3.8) is 0 Å². The molecule has 0 bridgehead atoms. The largest absolute Gasteiger partial charge is 0.381 e. The Morgan fingerprint density at radius 3 is 2.33 bits per heavy atom. The van der Waals surface area contributed by atoms with Crippen molar-refractivity contribution in [3.8, 4) is 0 Å². The molecule has 0 aromatic heterocycles. The standard InChI is InChI=1S/C12H23NO2/c1-12(2,3)11(14)9-13(4)10-5-7-15-8-6-10/h10H,5-9H2,1-4H3. The number of Topliss-reactive ketones (excluding diaryl/α,β-unsaturated/α-hetero) is 1. The van der Waals surface area contributed by atoms with Gasteiger partial charge in [-0.2, -0.15) is 0 Å². The summed E-state index contributed by atoms with van der Waals surface area (Å²) in [4.78, 5) is 14.0. The average Bonchev–Trinajstić information content (AvgIpc) is 2.17. The third-order valence-electron chi connectivity index (χ3n) is 3.04. The molecule has 1 aliphatic rings. The summed E-state index contributed by atoms with van der Waals surface area (Å²) in [6.07, 6.45) is 2.10. The maximum absolute atomic E-state index is 11.8. The maximum atomic E-state index is 11.8. The van der Waals surface area contributed by atoms with Gasteiger partial charge in [-0.25, -0.2) is 0 Å². The van der Waals surface area contributed by atoms with E-state index < -0.39 is 0 Å². The van der Waals surface area contributed by atoms with Gasteiger partial charge >= 0.3 is 0 Å². The van der Waals surface area contributed by atoms with E-state index in [2.05, 4.69) is 4.90 Å². The molecule has 0 spiro atoms. The van der Waals surface area contributed by atoms with Gasteiger partial charge in [-0.05, 0) is 19.9 Å². The lowest BCUT2D eigenvalue weighted by atomic mass is 9.90. The molecule has 15 heavy (non-hydrogen) atoms. The molecule has 1 saturated heterocycles. The fraction of sp³-hybridized carbons (Fsp3) is 0.917. The predicted octanol–water partition coefficient (Wildman–Crippen LogP) is 1.71. The lowest BCUT2D eigenvalue weighted by molar-refractivity contribution is -0.128. The van der Waals surface area contributed by atoms with Crippen molar-refractivity contribution in [2.24, 2.45) is 5.41 Å². The van der Waals surface area contributed by atoms with Crippen molar-refractivity contribution in [2.45, 2.75) is 39.7 Å². The smallest absolute Gasteiger partial charge is 0.152 e. The predicted molar refractivity (Wildman–Crippen MR) is 60.9 cm³/mol. The summed E-state index contributed by atoms with van der Waals surface area (Å²) in [6.45, 7) is 8.17. The molecule has 0 aromatic carbocycles. The molecule has 1 aliphatic heterocycles. The zero-order valence-corrected chi connectivity index (χ0v) is 10.4. The lowest BCUT2D eigenvalue weighted by Crippen LogP contribution is -2.42. The molecule has 0 aromatic rings. The van der Waals surface area contributed by atoms with E-state index >= 15 is 0 Å². The van der Waals surface area contributed by atoms with E-state index in [1.165, 1.54) is 0 Å². The molecule has 0 radical (unpaired) electrons. The minimum atomic E-state index is -0.223. The molecular weight excluding hydrogens is 190 g/mol. The van der Waals surface area contributed by atoms with Crippen LogP contribution in [0.25, 0.3) is 0 Å². The highest BCUT2D eigenvalue weighted by atomic mass is 16.5. The lowest BCUT2D eigenvalue weighted by Gasteiger charge is -2.32. The molecule has 0 unspecified atom stereocenters. The third-order valence-corrected chi connectivity index (χ3v) is 3.04. The Bertz CT molecular complexity index is 214. The van der Waals surface area contributed by atoms with Gasteiger partial charge in [0, 0.05) is 24.7 Å². The number of hydrogen-bond donors (Lipinski definition) is 0. The van der Waals surface area contributed by atoms with Gasteiger partial charge in [-0.3, -0.25) is 9.69 Å². The summed E-state index contributed by atoms with van der Waals surface area (Å²) >= 11 is 0.